The third kappa shape index (κ3) is 33.6. The zero-order valence-electron chi connectivity index (χ0n) is 29.9. The Kier molecular flexibility index (Phi) is 31.6. The maximum Gasteiger partial charge on any atom is 0.305 e. The molecule has 0 rings (SSSR count). The summed E-state index contributed by atoms with van der Waals surface area (Å²) in [5.41, 5.74) is 5.38. The van der Waals surface area contributed by atoms with Crippen LogP contribution < -0.4 is 10.6 Å². The molecule has 0 fully saturated rings. The van der Waals surface area contributed by atoms with Gasteiger partial charge in [-0.3, -0.25) is 24.0 Å². The van der Waals surface area contributed by atoms with E-state index in [9.17, 15) is 24.0 Å². The fraction of sp³-hybridized carbons (Fsp3) is 0.848. The van der Waals surface area contributed by atoms with Gasteiger partial charge in [0.1, 0.15) is 5.54 Å². The molecule has 0 aromatic heterocycles. The van der Waals surface area contributed by atoms with E-state index in [2.05, 4.69) is 15.7 Å². The molecule has 0 aromatic rings. The topological polar surface area (TPSA) is 262 Å². The molecule has 296 valence electrons. The van der Waals surface area contributed by atoms with Crippen LogP contribution in [0.15, 0.2) is 5.11 Å². The Balaban J connectivity index is 4.22. The molecule has 18 nitrogen and oxygen atoms in total. The zero-order valence-corrected chi connectivity index (χ0v) is 29.9. The van der Waals surface area contributed by atoms with Gasteiger partial charge in [-0.05, 0) is 12.8 Å². The summed E-state index contributed by atoms with van der Waals surface area (Å²) in [4.78, 5) is 57.6. The van der Waals surface area contributed by atoms with Crippen LogP contribution in [0.25, 0.3) is 0 Å². The lowest BCUT2D eigenvalue weighted by Gasteiger charge is -2.34. The maximum absolute atomic E-state index is 12.9. The van der Waals surface area contributed by atoms with Crippen LogP contribution in [-0.4, -0.2) is 143 Å². The summed E-state index contributed by atoms with van der Waals surface area (Å²) in [5, 5.41) is 35.6. The number of carboxylic acid groups (broad SMARTS) is 3. The van der Waals surface area contributed by atoms with Gasteiger partial charge in [0.05, 0.1) is 105 Å². The molecule has 0 spiro atoms. The normalized spacial score (nSPS) is 11.3. The SMILES string of the molecule is N=NCCOCCOCCOCCNC(=O)CCCCCCCCCCC(=O)NC(COCCC(=O)O)(COCCC(=O)O)COCCC(=O)O. The molecule has 0 bridgehead atoms. The lowest BCUT2D eigenvalue weighted by Crippen LogP contribution is -2.58. The van der Waals surface area contributed by atoms with Gasteiger partial charge >= 0.3 is 17.9 Å². The molecule has 0 saturated carbocycles. The first-order valence-electron chi connectivity index (χ1n) is 17.6. The second kappa shape index (κ2) is 33.8. The Morgan fingerprint density at radius 3 is 1.31 bits per heavy atom. The molecule has 0 saturated heterocycles. The maximum atomic E-state index is 12.9. The molecule has 0 aliphatic heterocycles. The predicted octanol–water partition coefficient (Wildman–Crippen LogP) is 2.41. The van der Waals surface area contributed by atoms with Gasteiger partial charge in [-0.25, -0.2) is 5.53 Å². The van der Waals surface area contributed by atoms with Gasteiger partial charge in [0, 0.05) is 19.4 Å². The molecule has 0 heterocycles. The van der Waals surface area contributed by atoms with E-state index in [0.29, 0.717) is 65.6 Å². The summed E-state index contributed by atoms with van der Waals surface area (Å²) in [7, 11) is 0. The Morgan fingerprint density at radius 1 is 0.490 bits per heavy atom. The van der Waals surface area contributed by atoms with Crippen LogP contribution in [0.5, 0.6) is 0 Å². The van der Waals surface area contributed by atoms with Gasteiger partial charge in [0.15, 0.2) is 0 Å². The van der Waals surface area contributed by atoms with Crippen LogP contribution in [0.3, 0.4) is 0 Å². The minimum atomic E-state index is -1.27. The second-order valence-electron chi connectivity index (χ2n) is 11.8. The third-order valence-electron chi connectivity index (χ3n) is 7.14. The summed E-state index contributed by atoms with van der Waals surface area (Å²) in [6, 6.07) is 0. The van der Waals surface area contributed by atoms with Crippen molar-refractivity contribution in [2.45, 2.75) is 89.0 Å². The van der Waals surface area contributed by atoms with E-state index in [0.717, 1.165) is 44.9 Å². The van der Waals surface area contributed by atoms with Crippen LogP contribution in [0, 0.1) is 5.53 Å². The van der Waals surface area contributed by atoms with Crippen molar-refractivity contribution in [1.29, 1.82) is 5.53 Å². The smallest absolute Gasteiger partial charge is 0.305 e. The van der Waals surface area contributed by atoms with Gasteiger partial charge in [0.25, 0.3) is 0 Å². The summed E-state index contributed by atoms with van der Waals surface area (Å²) in [6.45, 7) is 2.43. The van der Waals surface area contributed by atoms with Gasteiger partial charge < -0.3 is 54.4 Å². The van der Waals surface area contributed by atoms with E-state index in [4.69, 9.17) is 49.3 Å². The average Bonchev–Trinajstić information content (AvgIpc) is 3.08. The van der Waals surface area contributed by atoms with Crippen molar-refractivity contribution in [2.75, 3.05) is 92.4 Å². The van der Waals surface area contributed by atoms with Crippen molar-refractivity contribution in [3.63, 3.8) is 0 Å². The van der Waals surface area contributed by atoms with E-state index in [-0.39, 0.29) is 77.1 Å². The molecular formula is C33H60N4O14. The number of aliphatic carboxylic acids is 3. The summed E-state index contributed by atoms with van der Waals surface area (Å²) in [5.74, 6) is -3.50. The monoisotopic (exact) mass is 736 g/mol. The van der Waals surface area contributed by atoms with E-state index < -0.39 is 23.4 Å². The molecule has 0 aliphatic rings. The molecule has 0 aromatic carbocycles. The number of ether oxygens (including phenoxy) is 6. The molecule has 0 radical (unpaired) electrons. The highest BCUT2D eigenvalue weighted by Gasteiger charge is 2.34. The van der Waals surface area contributed by atoms with Crippen LogP contribution in [-0.2, 0) is 52.4 Å². The number of amides is 2. The summed E-state index contributed by atoms with van der Waals surface area (Å²) >= 11 is 0. The Hall–Kier alpha value is -3.29. The highest BCUT2D eigenvalue weighted by molar-refractivity contribution is 5.77. The number of carbonyl (C=O) groups excluding carboxylic acids is 2. The Morgan fingerprint density at radius 2 is 0.882 bits per heavy atom. The number of hydrogen-bond acceptors (Lipinski definition) is 13. The predicted molar refractivity (Wildman–Crippen MR) is 182 cm³/mol. The lowest BCUT2D eigenvalue weighted by molar-refractivity contribution is -0.140. The van der Waals surface area contributed by atoms with Crippen molar-refractivity contribution < 1.29 is 67.7 Å². The Labute approximate surface area is 300 Å². The first-order valence-corrected chi connectivity index (χ1v) is 17.6. The molecule has 2 amide bonds. The number of nitrogens with zero attached hydrogens (tertiary/aromatic N) is 1. The Bertz CT molecular complexity index is 901. The first-order chi connectivity index (χ1) is 24.6. The van der Waals surface area contributed by atoms with Gasteiger partial charge in [0.2, 0.25) is 11.8 Å². The zero-order chi connectivity index (χ0) is 37.8. The van der Waals surface area contributed by atoms with E-state index >= 15 is 0 Å². The summed E-state index contributed by atoms with van der Waals surface area (Å²) < 4.78 is 32.5. The number of unbranched alkanes of at least 4 members (excludes halogenated alkanes) is 7. The number of carboxylic acids is 3. The van der Waals surface area contributed by atoms with Crippen molar-refractivity contribution >= 4 is 29.7 Å². The highest BCUT2D eigenvalue weighted by atomic mass is 16.5. The largest absolute Gasteiger partial charge is 0.481 e. The van der Waals surface area contributed by atoms with Crippen molar-refractivity contribution in [3.8, 4) is 0 Å². The number of nitrogens with one attached hydrogen (secondary N) is 3. The van der Waals surface area contributed by atoms with Crippen LogP contribution in [0.2, 0.25) is 0 Å². The minimum absolute atomic E-state index is 0.000761. The van der Waals surface area contributed by atoms with E-state index in [1.165, 1.54) is 0 Å². The fourth-order valence-electron chi connectivity index (χ4n) is 4.51. The molecule has 6 N–H and O–H groups in total. The van der Waals surface area contributed by atoms with E-state index in [1.54, 1.807) is 0 Å². The van der Waals surface area contributed by atoms with Crippen LogP contribution >= 0.6 is 0 Å². The molecule has 0 unspecified atom stereocenters. The lowest BCUT2D eigenvalue weighted by atomic mass is 10.0. The number of carbonyl (C=O) groups is 5. The van der Waals surface area contributed by atoms with Gasteiger partial charge in [-0.2, -0.15) is 5.11 Å². The molecule has 51 heavy (non-hydrogen) atoms. The van der Waals surface area contributed by atoms with Crippen molar-refractivity contribution in [2.24, 2.45) is 5.11 Å². The quantitative estimate of drug-likeness (QED) is 0.0391. The summed E-state index contributed by atoms with van der Waals surface area (Å²) in [6.07, 6.45) is 7.05. The van der Waals surface area contributed by atoms with E-state index in [1.807, 2.05) is 0 Å². The van der Waals surface area contributed by atoms with Crippen LogP contribution in [0.4, 0.5) is 0 Å². The van der Waals surface area contributed by atoms with Crippen molar-refractivity contribution in [1.82, 2.24) is 10.6 Å². The fourth-order valence-corrected chi connectivity index (χ4v) is 4.51. The van der Waals surface area contributed by atoms with Gasteiger partial charge in [-0.15, -0.1) is 0 Å². The molecule has 0 atom stereocenters. The first kappa shape index (κ1) is 47.7. The standard InChI is InChI=1S/C33H60N4O14/c34-36-15-20-47-22-24-48-23-21-46-19-14-35-28(38)9-7-5-3-1-2-4-6-8-10-29(39)37-33(25-49-16-11-30(40)41,26-50-17-12-31(42)43)27-51-18-13-32(44)45/h34H,1-27H2,(H,35,38)(H,37,39)(H,40,41)(H,42,43)(H,44,45). The second-order valence-corrected chi connectivity index (χ2v) is 11.8. The van der Waals surface area contributed by atoms with Crippen molar-refractivity contribution in [3.05, 3.63) is 0 Å². The highest BCUT2D eigenvalue weighted by Crippen LogP contribution is 2.14. The third-order valence-corrected chi connectivity index (χ3v) is 7.14. The van der Waals surface area contributed by atoms with Crippen LogP contribution in [0.1, 0.15) is 83.5 Å². The van der Waals surface area contributed by atoms with Gasteiger partial charge in [-0.1, -0.05) is 38.5 Å². The minimum Gasteiger partial charge on any atom is -0.481 e. The average molecular weight is 737 g/mol. The molecular weight excluding hydrogens is 676 g/mol. The molecule has 18 heteroatoms. The number of hydrogen-bond donors (Lipinski definition) is 6. The molecule has 0 aliphatic carbocycles. The number of rotatable bonds is 39.